The fraction of sp³-hybridized carbons (Fsp3) is 0.364. The number of nitrogens with one attached hydrogen (secondary N) is 1. The van der Waals surface area contributed by atoms with E-state index < -0.39 is 0 Å². The molecule has 2 aromatic heterocycles. The molecule has 0 unspecified atom stereocenters. The molecule has 1 aliphatic carbocycles. The number of aromatic amines is 1. The van der Waals surface area contributed by atoms with Crippen LogP contribution in [0.15, 0.2) is 42.7 Å². The number of nitrogens with two attached hydrogens (primary N) is 1. The summed E-state index contributed by atoms with van der Waals surface area (Å²) in [4.78, 5) is 4.38. The van der Waals surface area contributed by atoms with E-state index in [2.05, 4.69) is 59.4 Å². The fourth-order valence-electron chi connectivity index (χ4n) is 3.68. The number of rotatable bonds is 4. The van der Waals surface area contributed by atoms with Crippen LogP contribution < -0.4 is 5.73 Å². The summed E-state index contributed by atoms with van der Waals surface area (Å²) in [5.41, 5.74) is 13.3. The van der Waals surface area contributed by atoms with Gasteiger partial charge in [-0.2, -0.15) is 5.10 Å². The number of pyridine rings is 1. The zero-order valence-electron chi connectivity index (χ0n) is 15.5. The van der Waals surface area contributed by atoms with E-state index in [1.54, 1.807) is 0 Å². The van der Waals surface area contributed by atoms with E-state index in [1.165, 1.54) is 41.5 Å². The van der Waals surface area contributed by atoms with Gasteiger partial charge in [0.15, 0.2) is 5.65 Å². The average Bonchev–Trinajstić information content (AvgIpc) is 3.17. The normalized spacial score (nSPS) is 15.3. The van der Waals surface area contributed by atoms with Crippen LogP contribution in [0.2, 0.25) is 0 Å². The molecule has 134 valence electrons. The van der Waals surface area contributed by atoms with Crippen LogP contribution in [-0.4, -0.2) is 21.7 Å². The molecule has 0 atom stereocenters. The molecule has 0 bridgehead atoms. The average molecular weight is 346 g/mol. The molecule has 3 aromatic rings. The second-order valence-electron chi connectivity index (χ2n) is 7.85. The SMILES string of the molecule is CC(C)(CN)c1cc(C2=CCCCC2)cc(-c2ccnc3[nH]ncc23)c1. The summed E-state index contributed by atoms with van der Waals surface area (Å²) in [5, 5.41) is 8.19. The number of nitrogens with zero attached hydrogens (tertiary/aromatic N) is 2. The number of allylic oxidation sites excluding steroid dienone is 2. The van der Waals surface area contributed by atoms with Gasteiger partial charge in [0, 0.05) is 23.5 Å². The van der Waals surface area contributed by atoms with Crippen molar-refractivity contribution in [3.63, 3.8) is 0 Å². The first kappa shape index (κ1) is 17.0. The summed E-state index contributed by atoms with van der Waals surface area (Å²) in [6.07, 6.45) is 11.0. The Labute approximate surface area is 154 Å². The minimum Gasteiger partial charge on any atom is -0.330 e. The Balaban J connectivity index is 1.92. The highest BCUT2D eigenvalue weighted by atomic mass is 15.1. The highest BCUT2D eigenvalue weighted by Gasteiger charge is 2.21. The predicted molar refractivity (Wildman–Crippen MR) is 108 cm³/mol. The monoisotopic (exact) mass is 346 g/mol. The van der Waals surface area contributed by atoms with Crippen LogP contribution in [0.4, 0.5) is 0 Å². The Morgan fingerprint density at radius 2 is 2.00 bits per heavy atom. The summed E-state index contributed by atoms with van der Waals surface area (Å²) in [7, 11) is 0. The van der Waals surface area contributed by atoms with Crippen LogP contribution >= 0.6 is 0 Å². The lowest BCUT2D eigenvalue weighted by Gasteiger charge is -2.26. The number of aromatic nitrogens is 3. The lowest BCUT2D eigenvalue weighted by atomic mass is 9.80. The molecule has 0 fully saturated rings. The van der Waals surface area contributed by atoms with Gasteiger partial charge in [-0.25, -0.2) is 4.98 Å². The van der Waals surface area contributed by atoms with Crippen molar-refractivity contribution >= 4 is 16.6 Å². The molecular weight excluding hydrogens is 320 g/mol. The summed E-state index contributed by atoms with van der Waals surface area (Å²) in [5.74, 6) is 0. The van der Waals surface area contributed by atoms with Crippen LogP contribution in [0.5, 0.6) is 0 Å². The second-order valence-corrected chi connectivity index (χ2v) is 7.85. The van der Waals surface area contributed by atoms with Crippen molar-refractivity contribution in [2.45, 2.75) is 44.9 Å². The first-order valence-corrected chi connectivity index (χ1v) is 9.42. The van der Waals surface area contributed by atoms with Crippen molar-refractivity contribution in [3.05, 3.63) is 53.9 Å². The van der Waals surface area contributed by atoms with Crippen LogP contribution in [0.3, 0.4) is 0 Å². The van der Waals surface area contributed by atoms with E-state index in [-0.39, 0.29) is 5.41 Å². The standard InChI is InChI=1S/C22H26N4/c1-22(2,14-23)18-11-16(15-6-4-3-5-7-15)10-17(12-18)19-8-9-24-21-20(19)13-25-26-21/h6,8-13H,3-5,7,14,23H2,1-2H3,(H,24,25,26). The number of benzene rings is 1. The summed E-state index contributed by atoms with van der Waals surface area (Å²) < 4.78 is 0. The second kappa shape index (κ2) is 6.69. The number of hydrogen-bond donors (Lipinski definition) is 2. The minimum atomic E-state index is -0.0669. The molecule has 0 radical (unpaired) electrons. The van der Waals surface area contributed by atoms with Crippen molar-refractivity contribution in [2.75, 3.05) is 6.54 Å². The maximum atomic E-state index is 6.09. The molecule has 0 amide bonds. The molecule has 4 rings (SSSR count). The lowest BCUT2D eigenvalue weighted by molar-refractivity contribution is 0.539. The Hall–Kier alpha value is -2.46. The molecular formula is C22H26N4. The summed E-state index contributed by atoms with van der Waals surface area (Å²) in [6.45, 7) is 5.04. The molecule has 1 aliphatic rings. The van der Waals surface area contributed by atoms with Gasteiger partial charge in [-0.1, -0.05) is 32.1 Å². The van der Waals surface area contributed by atoms with Gasteiger partial charge in [0.2, 0.25) is 0 Å². The maximum Gasteiger partial charge on any atom is 0.155 e. The maximum absolute atomic E-state index is 6.09. The summed E-state index contributed by atoms with van der Waals surface area (Å²) in [6, 6.07) is 9.00. The molecule has 0 saturated carbocycles. The van der Waals surface area contributed by atoms with Crippen molar-refractivity contribution in [2.24, 2.45) is 5.73 Å². The van der Waals surface area contributed by atoms with Gasteiger partial charge in [-0.15, -0.1) is 0 Å². The van der Waals surface area contributed by atoms with Gasteiger partial charge in [0.25, 0.3) is 0 Å². The summed E-state index contributed by atoms with van der Waals surface area (Å²) >= 11 is 0. The van der Waals surface area contributed by atoms with Gasteiger partial charge < -0.3 is 5.73 Å². The van der Waals surface area contributed by atoms with E-state index in [4.69, 9.17) is 5.73 Å². The van der Waals surface area contributed by atoms with Gasteiger partial charge in [-0.3, -0.25) is 5.10 Å². The van der Waals surface area contributed by atoms with Crippen LogP contribution in [-0.2, 0) is 5.41 Å². The third-order valence-corrected chi connectivity index (χ3v) is 5.55. The van der Waals surface area contributed by atoms with Crippen molar-refractivity contribution in [1.82, 2.24) is 15.2 Å². The molecule has 1 aromatic carbocycles. The molecule has 4 nitrogen and oxygen atoms in total. The Kier molecular flexibility index (Phi) is 4.37. The van der Waals surface area contributed by atoms with Gasteiger partial charge in [0.1, 0.15) is 0 Å². The Morgan fingerprint density at radius 3 is 2.77 bits per heavy atom. The largest absolute Gasteiger partial charge is 0.330 e. The smallest absolute Gasteiger partial charge is 0.155 e. The molecule has 0 spiro atoms. The Morgan fingerprint density at radius 1 is 1.15 bits per heavy atom. The van der Waals surface area contributed by atoms with E-state index >= 15 is 0 Å². The zero-order valence-corrected chi connectivity index (χ0v) is 15.5. The highest BCUT2D eigenvalue weighted by Crippen LogP contribution is 2.36. The zero-order chi connectivity index (χ0) is 18.1. The van der Waals surface area contributed by atoms with Crippen LogP contribution in [0.25, 0.3) is 27.7 Å². The number of fused-ring (bicyclic) bond motifs is 1. The first-order valence-electron chi connectivity index (χ1n) is 9.42. The molecule has 3 N–H and O–H groups in total. The third kappa shape index (κ3) is 3.06. The van der Waals surface area contributed by atoms with E-state index in [1.807, 2.05) is 12.4 Å². The molecule has 0 aliphatic heterocycles. The van der Waals surface area contributed by atoms with E-state index in [0.717, 1.165) is 23.0 Å². The molecule has 0 saturated heterocycles. The first-order chi connectivity index (χ1) is 12.6. The highest BCUT2D eigenvalue weighted by molar-refractivity contribution is 5.93. The van der Waals surface area contributed by atoms with Crippen LogP contribution in [0, 0.1) is 0 Å². The molecule has 4 heteroatoms. The van der Waals surface area contributed by atoms with Crippen molar-refractivity contribution < 1.29 is 0 Å². The topological polar surface area (TPSA) is 67.6 Å². The molecule has 26 heavy (non-hydrogen) atoms. The quantitative estimate of drug-likeness (QED) is 0.712. The molecule has 2 heterocycles. The van der Waals surface area contributed by atoms with Crippen LogP contribution in [0.1, 0.15) is 50.7 Å². The van der Waals surface area contributed by atoms with E-state index in [0.29, 0.717) is 6.54 Å². The van der Waals surface area contributed by atoms with Gasteiger partial charge in [-0.05, 0) is 65.6 Å². The minimum absolute atomic E-state index is 0.0669. The Bertz CT molecular complexity index is 965. The predicted octanol–water partition coefficient (Wildman–Crippen LogP) is 4.82. The number of H-pyrrole nitrogens is 1. The lowest BCUT2D eigenvalue weighted by Crippen LogP contribution is -2.28. The fourth-order valence-corrected chi connectivity index (χ4v) is 3.68. The number of hydrogen-bond acceptors (Lipinski definition) is 3. The van der Waals surface area contributed by atoms with Gasteiger partial charge in [0.05, 0.1) is 6.20 Å². The third-order valence-electron chi connectivity index (χ3n) is 5.55. The van der Waals surface area contributed by atoms with E-state index in [9.17, 15) is 0 Å². The van der Waals surface area contributed by atoms with Gasteiger partial charge >= 0.3 is 0 Å². The van der Waals surface area contributed by atoms with Crippen molar-refractivity contribution in [1.29, 1.82) is 0 Å². The van der Waals surface area contributed by atoms with Crippen molar-refractivity contribution in [3.8, 4) is 11.1 Å².